The van der Waals surface area contributed by atoms with Crippen molar-refractivity contribution in [3.8, 4) is 0 Å². The molecule has 102 valence electrons. The van der Waals surface area contributed by atoms with Gasteiger partial charge in [-0.3, -0.25) is 4.79 Å². The Morgan fingerprint density at radius 1 is 1.22 bits per heavy atom. The molecule has 4 saturated carbocycles. The van der Waals surface area contributed by atoms with Crippen LogP contribution in [0.1, 0.15) is 51.9 Å². The van der Waals surface area contributed by atoms with Gasteiger partial charge in [-0.05, 0) is 68.6 Å². The van der Waals surface area contributed by atoms with Gasteiger partial charge in [-0.2, -0.15) is 0 Å². The fourth-order valence-electron chi connectivity index (χ4n) is 5.16. The number of rotatable bonds is 4. The van der Waals surface area contributed by atoms with Gasteiger partial charge in [0, 0.05) is 18.3 Å². The van der Waals surface area contributed by atoms with Crippen LogP contribution in [0.4, 0.5) is 0 Å². The van der Waals surface area contributed by atoms with Crippen molar-refractivity contribution in [3.05, 3.63) is 0 Å². The van der Waals surface area contributed by atoms with Gasteiger partial charge >= 0.3 is 0 Å². The first-order chi connectivity index (χ1) is 8.55. The standard InChI is InChI=1S/C15H24ClNO/c1-10(16)9-17-14(18)8-15-5-11-2-12(6-15)4-13(3-11)7-15/h10-13H,2-9H2,1H3,(H,17,18). The number of nitrogens with one attached hydrogen (secondary N) is 1. The van der Waals surface area contributed by atoms with Crippen molar-refractivity contribution in [1.29, 1.82) is 0 Å². The van der Waals surface area contributed by atoms with E-state index in [0.717, 1.165) is 24.2 Å². The van der Waals surface area contributed by atoms with Crippen molar-refractivity contribution in [2.45, 2.75) is 57.2 Å². The van der Waals surface area contributed by atoms with E-state index in [-0.39, 0.29) is 11.3 Å². The first kappa shape index (κ1) is 12.8. The van der Waals surface area contributed by atoms with E-state index < -0.39 is 0 Å². The maximum atomic E-state index is 12.1. The fraction of sp³-hybridized carbons (Fsp3) is 0.933. The Bertz CT molecular complexity index is 304. The molecule has 4 fully saturated rings. The van der Waals surface area contributed by atoms with Gasteiger partial charge in [-0.25, -0.2) is 0 Å². The third-order valence-corrected chi connectivity index (χ3v) is 5.44. The van der Waals surface area contributed by atoms with Crippen LogP contribution in [-0.2, 0) is 4.79 Å². The number of carbonyl (C=O) groups is 1. The molecule has 4 rings (SSSR count). The second-order valence-corrected chi connectivity index (χ2v) is 7.92. The Kier molecular flexibility index (Phi) is 3.34. The minimum Gasteiger partial charge on any atom is -0.355 e. The summed E-state index contributed by atoms with van der Waals surface area (Å²) in [5.74, 6) is 3.01. The number of halogens is 1. The molecule has 1 unspecified atom stereocenters. The second-order valence-electron chi connectivity index (χ2n) is 7.18. The molecule has 0 aromatic rings. The van der Waals surface area contributed by atoms with Crippen molar-refractivity contribution in [3.63, 3.8) is 0 Å². The largest absolute Gasteiger partial charge is 0.355 e. The summed E-state index contributed by atoms with van der Waals surface area (Å²) in [5, 5.41) is 3.02. The number of alkyl halides is 1. The van der Waals surface area contributed by atoms with Crippen LogP contribution in [0.25, 0.3) is 0 Å². The Balaban J connectivity index is 1.60. The second kappa shape index (κ2) is 4.70. The third-order valence-electron chi connectivity index (χ3n) is 5.28. The van der Waals surface area contributed by atoms with Crippen LogP contribution in [0.5, 0.6) is 0 Å². The van der Waals surface area contributed by atoms with Crippen LogP contribution >= 0.6 is 11.6 Å². The number of amides is 1. The molecule has 3 heteroatoms. The average Bonchev–Trinajstić information content (AvgIpc) is 2.23. The molecule has 0 saturated heterocycles. The zero-order valence-electron chi connectivity index (χ0n) is 11.3. The summed E-state index contributed by atoms with van der Waals surface area (Å²) in [4.78, 5) is 12.1. The molecule has 18 heavy (non-hydrogen) atoms. The Morgan fingerprint density at radius 2 is 1.72 bits per heavy atom. The third kappa shape index (κ3) is 2.54. The first-order valence-corrected chi connectivity index (χ1v) is 7.89. The fourth-order valence-corrected chi connectivity index (χ4v) is 5.24. The normalized spacial score (nSPS) is 42.9. The van der Waals surface area contributed by atoms with E-state index >= 15 is 0 Å². The van der Waals surface area contributed by atoms with Gasteiger partial charge in [0.25, 0.3) is 0 Å². The summed E-state index contributed by atoms with van der Waals surface area (Å²) >= 11 is 5.88. The Hall–Kier alpha value is -0.240. The van der Waals surface area contributed by atoms with Crippen LogP contribution in [0.15, 0.2) is 0 Å². The molecule has 0 aromatic carbocycles. The molecule has 4 aliphatic rings. The van der Waals surface area contributed by atoms with Crippen molar-refractivity contribution in [1.82, 2.24) is 5.32 Å². The van der Waals surface area contributed by atoms with E-state index in [1.165, 1.54) is 38.5 Å². The van der Waals surface area contributed by atoms with Gasteiger partial charge in [0.1, 0.15) is 0 Å². The van der Waals surface area contributed by atoms with Crippen LogP contribution in [0, 0.1) is 23.2 Å². The van der Waals surface area contributed by atoms with Crippen LogP contribution in [0.2, 0.25) is 0 Å². The average molecular weight is 270 g/mol. The molecular weight excluding hydrogens is 246 g/mol. The zero-order valence-corrected chi connectivity index (χ0v) is 12.0. The highest BCUT2D eigenvalue weighted by molar-refractivity contribution is 6.20. The van der Waals surface area contributed by atoms with Gasteiger partial charge in [-0.1, -0.05) is 0 Å². The minimum absolute atomic E-state index is 0.0327. The van der Waals surface area contributed by atoms with E-state index in [4.69, 9.17) is 11.6 Å². The quantitative estimate of drug-likeness (QED) is 0.780. The minimum atomic E-state index is 0.0327. The molecule has 0 aliphatic heterocycles. The molecule has 0 radical (unpaired) electrons. The summed E-state index contributed by atoms with van der Waals surface area (Å²) in [6.45, 7) is 2.53. The SMILES string of the molecule is CC(Cl)CNC(=O)CC12CC3CC(CC(C3)C1)C2. The van der Waals surface area contributed by atoms with Gasteiger partial charge in [0.05, 0.1) is 0 Å². The van der Waals surface area contributed by atoms with Crippen molar-refractivity contribution < 1.29 is 4.79 Å². The summed E-state index contributed by atoms with van der Waals surface area (Å²) in [7, 11) is 0. The highest BCUT2D eigenvalue weighted by Gasteiger charge is 2.51. The number of carbonyl (C=O) groups excluding carboxylic acids is 1. The molecular formula is C15H24ClNO. The van der Waals surface area contributed by atoms with Gasteiger partial charge in [0.15, 0.2) is 0 Å². The maximum Gasteiger partial charge on any atom is 0.220 e. The van der Waals surface area contributed by atoms with Gasteiger partial charge in [-0.15, -0.1) is 11.6 Å². The van der Waals surface area contributed by atoms with Crippen molar-refractivity contribution in [2.24, 2.45) is 23.2 Å². The molecule has 1 atom stereocenters. The molecule has 0 aromatic heterocycles. The van der Waals surface area contributed by atoms with Gasteiger partial charge in [0.2, 0.25) is 5.91 Å². The van der Waals surface area contributed by atoms with E-state index in [9.17, 15) is 4.79 Å². The topological polar surface area (TPSA) is 29.1 Å². The summed E-state index contributed by atoms with van der Waals surface area (Å²) in [5.41, 5.74) is 0.356. The molecule has 1 N–H and O–H groups in total. The van der Waals surface area contributed by atoms with Crippen LogP contribution in [0.3, 0.4) is 0 Å². The predicted molar refractivity (Wildman–Crippen MR) is 73.5 cm³/mol. The van der Waals surface area contributed by atoms with E-state index in [2.05, 4.69) is 5.32 Å². The lowest BCUT2D eigenvalue weighted by Gasteiger charge is -2.56. The zero-order chi connectivity index (χ0) is 12.8. The summed E-state index contributed by atoms with van der Waals surface area (Å²) in [6.07, 6.45) is 9.01. The maximum absolute atomic E-state index is 12.1. The lowest BCUT2D eigenvalue weighted by Crippen LogP contribution is -2.48. The van der Waals surface area contributed by atoms with E-state index in [1.54, 1.807) is 0 Å². The van der Waals surface area contributed by atoms with Crippen LogP contribution in [-0.4, -0.2) is 17.8 Å². The molecule has 4 bridgehead atoms. The van der Waals surface area contributed by atoms with Crippen LogP contribution < -0.4 is 5.32 Å². The molecule has 0 spiro atoms. The number of hydrogen-bond acceptors (Lipinski definition) is 1. The van der Waals surface area contributed by atoms with Gasteiger partial charge < -0.3 is 5.32 Å². The van der Waals surface area contributed by atoms with Crippen molar-refractivity contribution >= 4 is 17.5 Å². The summed E-state index contributed by atoms with van der Waals surface area (Å²) < 4.78 is 0. The summed E-state index contributed by atoms with van der Waals surface area (Å²) in [6, 6.07) is 0. The van der Waals surface area contributed by atoms with E-state index in [1.807, 2.05) is 6.92 Å². The Morgan fingerprint density at radius 3 is 2.17 bits per heavy atom. The van der Waals surface area contributed by atoms with E-state index in [0.29, 0.717) is 12.0 Å². The number of hydrogen-bond donors (Lipinski definition) is 1. The Labute approximate surface area is 115 Å². The lowest BCUT2D eigenvalue weighted by atomic mass is 9.49. The molecule has 2 nitrogen and oxygen atoms in total. The highest BCUT2D eigenvalue weighted by atomic mass is 35.5. The monoisotopic (exact) mass is 269 g/mol. The smallest absolute Gasteiger partial charge is 0.220 e. The lowest BCUT2D eigenvalue weighted by molar-refractivity contribution is -0.129. The molecule has 4 aliphatic carbocycles. The predicted octanol–water partition coefficient (Wildman–Crippen LogP) is 3.34. The van der Waals surface area contributed by atoms with Crippen molar-refractivity contribution in [2.75, 3.05) is 6.54 Å². The molecule has 1 amide bonds. The molecule has 0 heterocycles. The first-order valence-electron chi connectivity index (χ1n) is 7.45. The highest BCUT2D eigenvalue weighted by Crippen LogP contribution is 2.61.